The van der Waals surface area contributed by atoms with Gasteiger partial charge in [-0.15, -0.1) is 11.3 Å². The van der Waals surface area contributed by atoms with E-state index in [0.717, 1.165) is 30.6 Å². The smallest absolute Gasteiger partial charge is 0.233 e. The number of aryl methyl sites for hydroxylation is 1. The highest BCUT2D eigenvalue weighted by atomic mass is 32.1. The van der Waals surface area contributed by atoms with Crippen LogP contribution in [-0.2, 0) is 16.1 Å². The second-order valence-electron chi connectivity index (χ2n) is 8.62. The standard InChI is InChI=1S/C13H20N2O2.C12H12N2OS/c1-9(2)12(11-6-7-14-17-11)13(16)15-8-4-5-10(15)3;1-9-12(16-8-14-9)11-4-2-10(3-5-11)6-13-7-15/h6-7,9-10,12H,4-5,8H2,1-3H3;2-5,7-8H,6H2,1H3,(H,13,15). The van der Waals surface area contributed by atoms with Gasteiger partial charge in [-0.1, -0.05) is 43.3 Å². The molecule has 0 bridgehead atoms. The van der Waals surface area contributed by atoms with Crippen LogP contribution in [0.3, 0.4) is 0 Å². The van der Waals surface area contributed by atoms with Crippen molar-refractivity contribution >= 4 is 23.7 Å². The Bertz CT molecular complexity index is 1010. The summed E-state index contributed by atoms with van der Waals surface area (Å²) in [7, 11) is 0. The first kappa shape index (κ1) is 24.6. The van der Waals surface area contributed by atoms with Gasteiger partial charge < -0.3 is 14.7 Å². The van der Waals surface area contributed by atoms with Gasteiger partial charge >= 0.3 is 0 Å². The SMILES string of the molecule is CC(C)C(C(=O)N1CCCC1C)c1ccno1.Cc1ncsc1-c1ccc(CNC=O)cc1. The summed E-state index contributed by atoms with van der Waals surface area (Å²) in [6.45, 7) is 9.66. The number of carbonyl (C=O) groups is 2. The maximum Gasteiger partial charge on any atom is 0.233 e. The molecule has 0 saturated carbocycles. The van der Waals surface area contributed by atoms with Crippen molar-refractivity contribution in [2.75, 3.05) is 6.54 Å². The Morgan fingerprint density at radius 2 is 2.06 bits per heavy atom. The molecule has 1 aliphatic heterocycles. The van der Waals surface area contributed by atoms with E-state index in [9.17, 15) is 9.59 Å². The molecule has 1 saturated heterocycles. The Kier molecular flexibility index (Phi) is 8.77. The number of nitrogens with zero attached hydrogens (tertiary/aromatic N) is 3. The molecule has 2 aromatic heterocycles. The fourth-order valence-corrected chi connectivity index (χ4v) is 4.88. The molecule has 2 atom stereocenters. The van der Waals surface area contributed by atoms with Gasteiger partial charge in [0.25, 0.3) is 0 Å². The third kappa shape index (κ3) is 6.28. The first-order valence-electron chi connectivity index (χ1n) is 11.3. The van der Waals surface area contributed by atoms with Gasteiger partial charge in [-0.25, -0.2) is 4.98 Å². The second-order valence-corrected chi connectivity index (χ2v) is 9.48. The highest BCUT2D eigenvalue weighted by Gasteiger charge is 2.35. The van der Waals surface area contributed by atoms with E-state index >= 15 is 0 Å². The normalized spacial score (nSPS) is 16.3. The third-order valence-corrected chi connectivity index (χ3v) is 6.86. The molecule has 1 fully saturated rings. The van der Waals surface area contributed by atoms with Crippen LogP contribution in [0.2, 0.25) is 0 Å². The van der Waals surface area contributed by atoms with Crippen molar-refractivity contribution in [3.05, 3.63) is 59.1 Å². The van der Waals surface area contributed by atoms with Crippen molar-refractivity contribution in [3.63, 3.8) is 0 Å². The van der Waals surface area contributed by atoms with Crippen LogP contribution in [0.4, 0.5) is 0 Å². The van der Waals surface area contributed by atoms with Crippen molar-refractivity contribution in [2.24, 2.45) is 5.92 Å². The van der Waals surface area contributed by atoms with E-state index in [4.69, 9.17) is 4.52 Å². The van der Waals surface area contributed by atoms with Gasteiger partial charge in [0.05, 0.1) is 22.3 Å². The number of nitrogens with one attached hydrogen (secondary N) is 1. The van der Waals surface area contributed by atoms with Gasteiger partial charge in [0, 0.05) is 25.2 Å². The Labute approximate surface area is 199 Å². The number of aromatic nitrogens is 2. The monoisotopic (exact) mass is 468 g/mol. The highest BCUT2D eigenvalue weighted by Crippen LogP contribution is 2.30. The number of likely N-dealkylation sites (tertiary alicyclic amines) is 1. The summed E-state index contributed by atoms with van der Waals surface area (Å²) in [6.07, 6.45) is 4.52. The minimum Gasteiger partial charge on any atom is -0.361 e. The van der Waals surface area contributed by atoms with Gasteiger partial charge in [-0.2, -0.15) is 0 Å². The molecular weight excluding hydrogens is 436 g/mol. The fraction of sp³-hybridized carbons (Fsp3) is 0.440. The molecule has 7 nitrogen and oxygen atoms in total. The quantitative estimate of drug-likeness (QED) is 0.504. The summed E-state index contributed by atoms with van der Waals surface area (Å²) in [4.78, 5) is 30.1. The predicted octanol–water partition coefficient (Wildman–Crippen LogP) is 4.79. The summed E-state index contributed by atoms with van der Waals surface area (Å²) in [5.41, 5.74) is 5.18. The molecule has 2 amide bonds. The van der Waals surface area contributed by atoms with E-state index in [1.807, 2.05) is 43.3 Å². The van der Waals surface area contributed by atoms with Crippen LogP contribution in [0.15, 0.2) is 46.6 Å². The molecule has 8 heteroatoms. The lowest BCUT2D eigenvalue weighted by Crippen LogP contribution is -2.38. The number of hydrogen-bond donors (Lipinski definition) is 1. The van der Waals surface area contributed by atoms with E-state index in [1.54, 1.807) is 23.6 Å². The lowest BCUT2D eigenvalue weighted by atomic mass is 9.91. The van der Waals surface area contributed by atoms with Crippen LogP contribution >= 0.6 is 11.3 Å². The van der Waals surface area contributed by atoms with Gasteiger partial charge in [-0.05, 0) is 43.7 Å². The number of thiazole rings is 1. The molecule has 0 radical (unpaired) electrons. The molecule has 1 N–H and O–H groups in total. The summed E-state index contributed by atoms with van der Waals surface area (Å²) >= 11 is 1.64. The highest BCUT2D eigenvalue weighted by molar-refractivity contribution is 7.13. The Morgan fingerprint density at radius 1 is 1.30 bits per heavy atom. The first-order chi connectivity index (χ1) is 15.9. The molecule has 4 rings (SSSR count). The lowest BCUT2D eigenvalue weighted by Gasteiger charge is -2.27. The zero-order chi connectivity index (χ0) is 23.8. The summed E-state index contributed by atoms with van der Waals surface area (Å²) in [6, 6.07) is 10.3. The summed E-state index contributed by atoms with van der Waals surface area (Å²) in [5.74, 6) is 0.896. The van der Waals surface area contributed by atoms with Gasteiger partial charge in [-0.3, -0.25) is 9.59 Å². The van der Waals surface area contributed by atoms with Crippen molar-refractivity contribution < 1.29 is 14.1 Å². The van der Waals surface area contributed by atoms with Gasteiger partial charge in [0.15, 0.2) is 0 Å². The number of carbonyl (C=O) groups excluding carboxylic acids is 2. The third-order valence-electron chi connectivity index (χ3n) is 5.88. The van der Waals surface area contributed by atoms with E-state index in [-0.39, 0.29) is 17.7 Å². The molecule has 33 heavy (non-hydrogen) atoms. The minimum absolute atomic E-state index is 0.182. The van der Waals surface area contributed by atoms with Crippen molar-refractivity contribution in [3.8, 4) is 10.4 Å². The van der Waals surface area contributed by atoms with Crippen LogP contribution in [0, 0.1) is 12.8 Å². The van der Waals surface area contributed by atoms with Crippen LogP contribution in [-0.4, -0.2) is 39.9 Å². The molecular formula is C25H32N4O3S. The Balaban J connectivity index is 0.000000186. The molecule has 3 aromatic rings. The second kappa shape index (κ2) is 11.7. The molecule has 1 aliphatic rings. The van der Waals surface area contributed by atoms with E-state index in [2.05, 4.69) is 34.5 Å². The van der Waals surface area contributed by atoms with Crippen molar-refractivity contribution in [1.29, 1.82) is 0 Å². The molecule has 0 aliphatic carbocycles. The number of rotatable bonds is 7. The number of amides is 2. The zero-order valence-electron chi connectivity index (χ0n) is 19.7. The Morgan fingerprint density at radius 3 is 2.58 bits per heavy atom. The van der Waals surface area contributed by atoms with Gasteiger partial charge in [0.1, 0.15) is 11.7 Å². The summed E-state index contributed by atoms with van der Waals surface area (Å²) < 4.78 is 5.18. The fourth-order valence-electron chi connectivity index (χ4n) is 4.07. The average Bonchev–Trinajstić information content (AvgIpc) is 3.56. The van der Waals surface area contributed by atoms with E-state index < -0.39 is 0 Å². The minimum atomic E-state index is -0.196. The van der Waals surface area contributed by atoms with E-state index in [1.165, 1.54) is 10.4 Å². The van der Waals surface area contributed by atoms with Crippen molar-refractivity contribution in [2.45, 2.75) is 59.0 Å². The molecule has 3 heterocycles. The van der Waals surface area contributed by atoms with Crippen LogP contribution < -0.4 is 5.32 Å². The van der Waals surface area contributed by atoms with Crippen LogP contribution in [0.25, 0.3) is 10.4 Å². The maximum atomic E-state index is 12.5. The largest absolute Gasteiger partial charge is 0.361 e. The summed E-state index contributed by atoms with van der Waals surface area (Å²) in [5, 5.41) is 6.35. The Hall–Kier alpha value is -3.00. The molecule has 176 valence electrons. The van der Waals surface area contributed by atoms with Crippen molar-refractivity contribution in [1.82, 2.24) is 20.4 Å². The first-order valence-corrected chi connectivity index (χ1v) is 12.2. The predicted molar refractivity (Wildman–Crippen MR) is 130 cm³/mol. The molecule has 0 spiro atoms. The molecule has 2 unspecified atom stereocenters. The number of benzene rings is 1. The van der Waals surface area contributed by atoms with Crippen LogP contribution in [0.5, 0.6) is 0 Å². The van der Waals surface area contributed by atoms with E-state index in [0.29, 0.717) is 24.8 Å². The lowest BCUT2D eigenvalue weighted by molar-refractivity contribution is -0.134. The topological polar surface area (TPSA) is 88.3 Å². The van der Waals surface area contributed by atoms with Crippen LogP contribution in [0.1, 0.15) is 56.5 Å². The zero-order valence-corrected chi connectivity index (χ0v) is 20.5. The number of hydrogen-bond acceptors (Lipinski definition) is 6. The molecule has 1 aromatic carbocycles. The van der Waals surface area contributed by atoms with Gasteiger partial charge in [0.2, 0.25) is 12.3 Å². The maximum absolute atomic E-state index is 12.5. The average molecular weight is 469 g/mol.